The van der Waals surface area contributed by atoms with Crippen LogP contribution in [0.3, 0.4) is 0 Å². The van der Waals surface area contributed by atoms with E-state index in [1.165, 1.54) is 0 Å². The molecule has 0 saturated carbocycles. The molecule has 0 radical (unpaired) electrons. The van der Waals surface area contributed by atoms with E-state index >= 15 is 0 Å². The fourth-order valence-corrected chi connectivity index (χ4v) is 3.12. The molecule has 1 amide bonds. The third kappa shape index (κ3) is 5.09. The Balaban J connectivity index is 1.60. The number of guanidine groups is 1. The highest BCUT2D eigenvalue weighted by molar-refractivity contribution is 5.93. The molecule has 0 unspecified atom stereocenters. The molecule has 1 aromatic carbocycles. The minimum absolute atomic E-state index is 0.223. The molecule has 7 nitrogen and oxygen atoms in total. The molecule has 3 rings (SSSR count). The maximum Gasteiger partial charge on any atom is 0.226 e. The van der Waals surface area contributed by atoms with Crippen molar-refractivity contribution in [2.24, 2.45) is 12.0 Å². The van der Waals surface area contributed by atoms with E-state index in [9.17, 15) is 4.79 Å². The number of carbonyl (C=O) groups excluding carboxylic acids is 1. The normalized spacial score (nSPS) is 15.1. The van der Waals surface area contributed by atoms with Crippen LogP contribution >= 0.6 is 0 Å². The highest BCUT2D eigenvalue weighted by Crippen LogP contribution is 2.21. The first-order valence-electron chi connectivity index (χ1n) is 9.55. The molecular formula is C20H28N6O. The summed E-state index contributed by atoms with van der Waals surface area (Å²) in [5.41, 5.74) is 3.19. The zero-order valence-corrected chi connectivity index (χ0v) is 16.1. The monoisotopic (exact) mass is 368 g/mol. The Labute approximate surface area is 160 Å². The number of aliphatic imine (C=N–C) groups is 1. The van der Waals surface area contributed by atoms with Crippen LogP contribution in [0.5, 0.6) is 0 Å². The summed E-state index contributed by atoms with van der Waals surface area (Å²) < 4.78 is 1.84. The lowest BCUT2D eigenvalue weighted by molar-refractivity contribution is -0.119. The first-order chi connectivity index (χ1) is 13.2. The van der Waals surface area contributed by atoms with Gasteiger partial charge in [-0.25, -0.2) is 4.99 Å². The lowest BCUT2D eigenvalue weighted by atomic mass is 10.1. The number of aromatic nitrogens is 2. The van der Waals surface area contributed by atoms with Crippen molar-refractivity contribution in [1.82, 2.24) is 20.4 Å². The van der Waals surface area contributed by atoms with Crippen molar-refractivity contribution < 1.29 is 4.79 Å². The summed E-state index contributed by atoms with van der Waals surface area (Å²) in [5, 5.41) is 10.8. The van der Waals surface area contributed by atoms with E-state index in [2.05, 4.69) is 20.7 Å². The third-order valence-corrected chi connectivity index (χ3v) is 4.69. The van der Waals surface area contributed by atoms with Crippen LogP contribution in [-0.2, 0) is 24.9 Å². The van der Waals surface area contributed by atoms with E-state index in [1.807, 2.05) is 53.9 Å². The van der Waals surface area contributed by atoms with E-state index in [1.54, 1.807) is 6.20 Å². The minimum Gasteiger partial charge on any atom is -0.357 e. The van der Waals surface area contributed by atoms with Crippen molar-refractivity contribution in [2.75, 3.05) is 18.0 Å². The second kappa shape index (κ2) is 9.21. The first-order valence-corrected chi connectivity index (χ1v) is 9.55. The summed E-state index contributed by atoms with van der Waals surface area (Å²) in [6, 6.07) is 10.1. The Kier molecular flexibility index (Phi) is 6.46. The van der Waals surface area contributed by atoms with Gasteiger partial charge in [-0.3, -0.25) is 9.48 Å². The summed E-state index contributed by atoms with van der Waals surface area (Å²) in [5.74, 6) is 0.995. The Morgan fingerprint density at radius 2 is 2.00 bits per heavy atom. The van der Waals surface area contributed by atoms with Crippen LogP contribution in [0.2, 0.25) is 0 Å². The van der Waals surface area contributed by atoms with Gasteiger partial charge in [0.1, 0.15) is 0 Å². The van der Waals surface area contributed by atoms with Gasteiger partial charge in [0.15, 0.2) is 5.96 Å². The van der Waals surface area contributed by atoms with Crippen molar-refractivity contribution in [1.29, 1.82) is 0 Å². The van der Waals surface area contributed by atoms with Gasteiger partial charge in [-0.15, -0.1) is 0 Å². The number of nitrogens with one attached hydrogen (secondary N) is 2. The molecule has 0 aliphatic carbocycles. The van der Waals surface area contributed by atoms with Crippen LogP contribution in [0, 0.1) is 0 Å². The number of benzene rings is 1. The molecule has 27 heavy (non-hydrogen) atoms. The van der Waals surface area contributed by atoms with E-state index < -0.39 is 0 Å². The molecule has 0 atom stereocenters. The molecule has 1 aromatic heterocycles. The summed E-state index contributed by atoms with van der Waals surface area (Å²) in [7, 11) is 1.93. The average molecular weight is 368 g/mol. The number of anilines is 1. The number of piperidine rings is 1. The van der Waals surface area contributed by atoms with Gasteiger partial charge in [0.05, 0.1) is 18.8 Å². The summed E-state index contributed by atoms with van der Waals surface area (Å²) in [6.07, 6.45) is 4.52. The SMILES string of the molecule is CCNC(=NCc1ccc(N2CCCCC2=O)cc1)NCc1ccnn1C. The van der Waals surface area contributed by atoms with Crippen molar-refractivity contribution in [2.45, 2.75) is 39.3 Å². The van der Waals surface area contributed by atoms with Crippen LogP contribution in [0.1, 0.15) is 37.4 Å². The zero-order valence-electron chi connectivity index (χ0n) is 16.1. The van der Waals surface area contributed by atoms with Gasteiger partial charge in [-0.2, -0.15) is 5.10 Å². The van der Waals surface area contributed by atoms with Crippen LogP contribution in [0.15, 0.2) is 41.5 Å². The average Bonchev–Trinajstić information content (AvgIpc) is 3.10. The number of hydrogen-bond donors (Lipinski definition) is 2. The fraction of sp³-hybridized carbons (Fsp3) is 0.450. The van der Waals surface area contributed by atoms with E-state index in [4.69, 9.17) is 0 Å². The van der Waals surface area contributed by atoms with Gasteiger partial charge in [-0.05, 0) is 43.5 Å². The Morgan fingerprint density at radius 3 is 2.67 bits per heavy atom. The van der Waals surface area contributed by atoms with Crippen LogP contribution in [0.25, 0.3) is 0 Å². The Bertz CT molecular complexity index is 780. The molecule has 144 valence electrons. The number of amides is 1. The standard InChI is InChI=1S/C20H28N6O/c1-3-21-20(23-15-18-11-12-24-25(18)2)22-14-16-7-9-17(10-8-16)26-13-5-4-6-19(26)27/h7-12H,3-6,13-15H2,1-2H3,(H2,21,22,23). The zero-order chi connectivity index (χ0) is 19.1. The molecule has 0 bridgehead atoms. The largest absolute Gasteiger partial charge is 0.357 e. The van der Waals surface area contributed by atoms with Crippen molar-refractivity contribution in [3.63, 3.8) is 0 Å². The summed E-state index contributed by atoms with van der Waals surface area (Å²) >= 11 is 0. The number of rotatable bonds is 6. The smallest absolute Gasteiger partial charge is 0.226 e. The van der Waals surface area contributed by atoms with Gasteiger partial charge >= 0.3 is 0 Å². The Hall–Kier alpha value is -2.83. The topological polar surface area (TPSA) is 74.6 Å². The molecule has 2 heterocycles. The van der Waals surface area contributed by atoms with Crippen molar-refractivity contribution in [3.05, 3.63) is 47.8 Å². The summed E-state index contributed by atoms with van der Waals surface area (Å²) in [6.45, 7) is 4.91. The first kappa shape index (κ1) is 18.9. The van der Waals surface area contributed by atoms with Gasteiger partial charge < -0.3 is 15.5 Å². The van der Waals surface area contributed by atoms with Crippen molar-refractivity contribution in [3.8, 4) is 0 Å². The second-order valence-electron chi connectivity index (χ2n) is 6.66. The number of aryl methyl sites for hydroxylation is 1. The Morgan fingerprint density at radius 1 is 1.19 bits per heavy atom. The van der Waals surface area contributed by atoms with E-state index in [0.29, 0.717) is 19.5 Å². The predicted molar refractivity (Wildman–Crippen MR) is 108 cm³/mol. The molecule has 7 heteroatoms. The highest BCUT2D eigenvalue weighted by atomic mass is 16.2. The molecule has 1 aliphatic heterocycles. The van der Waals surface area contributed by atoms with E-state index in [-0.39, 0.29) is 5.91 Å². The highest BCUT2D eigenvalue weighted by Gasteiger charge is 2.19. The van der Waals surface area contributed by atoms with Gasteiger partial charge in [0, 0.05) is 38.4 Å². The minimum atomic E-state index is 0.223. The molecule has 0 spiro atoms. The quantitative estimate of drug-likeness (QED) is 0.605. The van der Waals surface area contributed by atoms with Crippen LogP contribution in [-0.4, -0.2) is 34.7 Å². The maximum absolute atomic E-state index is 12.0. The molecule has 1 aliphatic rings. The molecule has 2 aromatic rings. The number of carbonyl (C=O) groups is 1. The molecule has 1 saturated heterocycles. The molecular weight excluding hydrogens is 340 g/mol. The van der Waals surface area contributed by atoms with Gasteiger partial charge in [0.25, 0.3) is 0 Å². The lowest BCUT2D eigenvalue weighted by Crippen LogP contribution is -2.37. The fourth-order valence-electron chi connectivity index (χ4n) is 3.12. The van der Waals surface area contributed by atoms with Crippen molar-refractivity contribution >= 4 is 17.6 Å². The second-order valence-corrected chi connectivity index (χ2v) is 6.66. The number of hydrogen-bond acceptors (Lipinski definition) is 3. The molecule has 1 fully saturated rings. The lowest BCUT2D eigenvalue weighted by Gasteiger charge is -2.26. The predicted octanol–water partition coefficient (Wildman–Crippen LogP) is 2.19. The van der Waals surface area contributed by atoms with E-state index in [0.717, 1.165) is 48.8 Å². The molecule has 2 N–H and O–H groups in total. The van der Waals surface area contributed by atoms with Crippen LogP contribution in [0.4, 0.5) is 5.69 Å². The number of nitrogens with zero attached hydrogens (tertiary/aromatic N) is 4. The van der Waals surface area contributed by atoms with Crippen LogP contribution < -0.4 is 15.5 Å². The van der Waals surface area contributed by atoms with Gasteiger partial charge in [-0.1, -0.05) is 12.1 Å². The maximum atomic E-state index is 12.0. The summed E-state index contributed by atoms with van der Waals surface area (Å²) in [4.78, 5) is 18.6. The third-order valence-electron chi connectivity index (χ3n) is 4.69. The van der Waals surface area contributed by atoms with Gasteiger partial charge in [0.2, 0.25) is 5.91 Å².